The van der Waals surface area contributed by atoms with E-state index in [0.717, 1.165) is 25.3 Å². The van der Waals surface area contributed by atoms with Gasteiger partial charge in [0.15, 0.2) is 5.69 Å². The van der Waals surface area contributed by atoms with Gasteiger partial charge in [0, 0.05) is 13.1 Å². The lowest BCUT2D eigenvalue weighted by Crippen LogP contribution is -2.24. The van der Waals surface area contributed by atoms with E-state index in [-0.39, 0.29) is 5.69 Å². The molecule has 2 heterocycles. The zero-order chi connectivity index (χ0) is 12.5. The van der Waals surface area contributed by atoms with E-state index in [0.29, 0.717) is 5.41 Å². The molecule has 0 aliphatic carbocycles. The molecule has 0 N–H and O–H groups in total. The van der Waals surface area contributed by atoms with Gasteiger partial charge in [0.1, 0.15) is 5.82 Å². The van der Waals surface area contributed by atoms with Gasteiger partial charge in [-0.1, -0.05) is 13.8 Å². The number of ether oxygens (including phenoxy) is 1. The van der Waals surface area contributed by atoms with Crippen LogP contribution in [0.2, 0.25) is 0 Å². The molecular formula is C12H17N3O2. The monoisotopic (exact) mass is 235 g/mol. The molecule has 0 unspecified atom stereocenters. The maximum absolute atomic E-state index is 11.2. The molecule has 5 heteroatoms. The third-order valence-electron chi connectivity index (χ3n) is 3.03. The molecule has 1 aromatic heterocycles. The van der Waals surface area contributed by atoms with Gasteiger partial charge in [-0.25, -0.2) is 14.8 Å². The summed E-state index contributed by atoms with van der Waals surface area (Å²) in [5, 5.41) is 0. The average molecular weight is 235 g/mol. The lowest BCUT2D eigenvalue weighted by atomic mass is 9.93. The number of nitrogens with zero attached hydrogens (tertiary/aromatic N) is 3. The second-order valence-corrected chi connectivity index (χ2v) is 5.09. The van der Waals surface area contributed by atoms with Crippen LogP contribution in [0.3, 0.4) is 0 Å². The minimum atomic E-state index is -0.453. The SMILES string of the molecule is COC(=O)c1cnc(N2CCC(C)(C)C2)cn1. The number of rotatable bonds is 2. The summed E-state index contributed by atoms with van der Waals surface area (Å²) in [6.45, 7) is 6.44. The van der Waals surface area contributed by atoms with Crippen molar-refractivity contribution >= 4 is 11.8 Å². The highest BCUT2D eigenvalue weighted by atomic mass is 16.5. The Labute approximate surface area is 101 Å². The summed E-state index contributed by atoms with van der Waals surface area (Å²) in [6.07, 6.45) is 4.24. The van der Waals surface area contributed by atoms with E-state index in [1.807, 2.05) is 0 Å². The highest BCUT2D eigenvalue weighted by molar-refractivity contribution is 5.86. The maximum Gasteiger partial charge on any atom is 0.358 e. The number of esters is 1. The maximum atomic E-state index is 11.2. The first-order valence-corrected chi connectivity index (χ1v) is 5.67. The molecule has 0 aromatic carbocycles. The normalized spacial score (nSPS) is 18.2. The Morgan fingerprint density at radius 1 is 1.41 bits per heavy atom. The predicted molar refractivity (Wildman–Crippen MR) is 64.0 cm³/mol. The molecule has 0 radical (unpaired) electrons. The zero-order valence-corrected chi connectivity index (χ0v) is 10.4. The van der Waals surface area contributed by atoms with Crippen molar-refractivity contribution in [2.24, 2.45) is 5.41 Å². The van der Waals surface area contributed by atoms with Crippen LogP contribution >= 0.6 is 0 Å². The van der Waals surface area contributed by atoms with Crippen LogP contribution < -0.4 is 4.90 Å². The summed E-state index contributed by atoms with van der Waals surface area (Å²) in [5.74, 6) is 0.369. The van der Waals surface area contributed by atoms with Crippen LogP contribution in [0.5, 0.6) is 0 Å². The molecule has 0 spiro atoms. The molecule has 1 aromatic rings. The lowest BCUT2D eigenvalue weighted by Gasteiger charge is -2.20. The molecule has 0 amide bonds. The van der Waals surface area contributed by atoms with E-state index in [2.05, 4.69) is 33.5 Å². The van der Waals surface area contributed by atoms with Gasteiger partial charge in [0.05, 0.1) is 19.5 Å². The smallest absolute Gasteiger partial charge is 0.358 e. The third-order valence-corrected chi connectivity index (χ3v) is 3.03. The quantitative estimate of drug-likeness (QED) is 0.727. The fourth-order valence-corrected chi connectivity index (χ4v) is 2.00. The number of anilines is 1. The molecule has 1 saturated heterocycles. The summed E-state index contributed by atoms with van der Waals surface area (Å²) in [7, 11) is 1.33. The van der Waals surface area contributed by atoms with Gasteiger partial charge in [0.2, 0.25) is 0 Å². The standard InChI is InChI=1S/C12H17N3O2/c1-12(2)4-5-15(8-12)10-7-13-9(6-14-10)11(16)17-3/h6-7H,4-5,8H2,1-3H3. The van der Waals surface area contributed by atoms with Gasteiger partial charge in [-0.15, -0.1) is 0 Å². The first-order chi connectivity index (χ1) is 8.02. The first kappa shape index (κ1) is 11.8. The fraction of sp³-hybridized carbons (Fsp3) is 0.583. The van der Waals surface area contributed by atoms with Gasteiger partial charge in [-0.3, -0.25) is 0 Å². The fourth-order valence-electron chi connectivity index (χ4n) is 2.00. The van der Waals surface area contributed by atoms with Gasteiger partial charge in [0.25, 0.3) is 0 Å². The zero-order valence-electron chi connectivity index (χ0n) is 10.4. The van der Waals surface area contributed by atoms with E-state index < -0.39 is 5.97 Å². The van der Waals surface area contributed by atoms with Crippen molar-refractivity contribution in [1.29, 1.82) is 0 Å². The Morgan fingerprint density at radius 3 is 2.65 bits per heavy atom. The van der Waals surface area contributed by atoms with E-state index >= 15 is 0 Å². The molecule has 2 rings (SSSR count). The minimum Gasteiger partial charge on any atom is -0.464 e. The molecule has 17 heavy (non-hydrogen) atoms. The van der Waals surface area contributed by atoms with Gasteiger partial charge in [-0.05, 0) is 11.8 Å². The van der Waals surface area contributed by atoms with E-state index in [1.165, 1.54) is 13.3 Å². The van der Waals surface area contributed by atoms with Crippen LogP contribution in [0.25, 0.3) is 0 Å². The Balaban J connectivity index is 2.11. The van der Waals surface area contributed by atoms with Crippen molar-refractivity contribution in [3.8, 4) is 0 Å². The highest BCUT2D eigenvalue weighted by Crippen LogP contribution is 2.31. The Kier molecular flexibility index (Phi) is 3.00. The Hall–Kier alpha value is -1.65. The molecule has 1 fully saturated rings. The minimum absolute atomic E-state index is 0.245. The number of aromatic nitrogens is 2. The number of hydrogen-bond acceptors (Lipinski definition) is 5. The van der Waals surface area contributed by atoms with Crippen LogP contribution in [0.4, 0.5) is 5.82 Å². The van der Waals surface area contributed by atoms with E-state index in [1.54, 1.807) is 6.20 Å². The molecule has 0 bridgehead atoms. The Morgan fingerprint density at radius 2 is 2.18 bits per heavy atom. The second-order valence-electron chi connectivity index (χ2n) is 5.09. The van der Waals surface area contributed by atoms with Gasteiger partial charge < -0.3 is 9.64 Å². The first-order valence-electron chi connectivity index (χ1n) is 5.67. The molecular weight excluding hydrogens is 218 g/mol. The molecule has 5 nitrogen and oxygen atoms in total. The van der Waals surface area contributed by atoms with Crippen LogP contribution in [0.1, 0.15) is 30.8 Å². The van der Waals surface area contributed by atoms with Crippen LogP contribution in [-0.4, -0.2) is 36.1 Å². The summed E-state index contributed by atoms with van der Waals surface area (Å²) < 4.78 is 4.58. The number of carbonyl (C=O) groups is 1. The van der Waals surface area contributed by atoms with Crippen molar-refractivity contribution in [1.82, 2.24) is 9.97 Å². The summed E-state index contributed by atoms with van der Waals surface area (Å²) in [5.41, 5.74) is 0.567. The number of hydrogen-bond donors (Lipinski definition) is 0. The molecule has 1 aliphatic heterocycles. The third kappa shape index (κ3) is 2.54. The lowest BCUT2D eigenvalue weighted by molar-refractivity contribution is 0.0593. The summed E-state index contributed by atoms with van der Waals surface area (Å²) in [6, 6.07) is 0. The topological polar surface area (TPSA) is 55.3 Å². The molecule has 92 valence electrons. The predicted octanol–water partition coefficient (Wildman–Crippen LogP) is 1.50. The van der Waals surface area contributed by atoms with Crippen molar-refractivity contribution in [3.63, 3.8) is 0 Å². The molecule has 1 aliphatic rings. The summed E-state index contributed by atoms with van der Waals surface area (Å²) >= 11 is 0. The largest absolute Gasteiger partial charge is 0.464 e. The van der Waals surface area contributed by atoms with Crippen molar-refractivity contribution < 1.29 is 9.53 Å². The molecule has 0 saturated carbocycles. The van der Waals surface area contributed by atoms with Crippen molar-refractivity contribution in [2.45, 2.75) is 20.3 Å². The van der Waals surface area contributed by atoms with Crippen molar-refractivity contribution in [2.75, 3.05) is 25.1 Å². The highest BCUT2D eigenvalue weighted by Gasteiger charge is 2.30. The van der Waals surface area contributed by atoms with Gasteiger partial charge >= 0.3 is 5.97 Å². The van der Waals surface area contributed by atoms with Crippen LogP contribution in [0, 0.1) is 5.41 Å². The summed E-state index contributed by atoms with van der Waals surface area (Å²) in [4.78, 5) is 21.7. The van der Waals surface area contributed by atoms with Gasteiger partial charge in [-0.2, -0.15) is 0 Å². The number of methoxy groups -OCH3 is 1. The average Bonchev–Trinajstić information content (AvgIpc) is 2.69. The molecule has 0 atom stereocenters. The van der Waals surface area contributed by atoms with Crippen molar-refractivity contribution in [3.05, 3.63) is 18.1 Å². The number of carbonyl (C=O) groups excluding carboxylic acids is 1. The van der Waals surface area contributed by atoms with Crippen LogP contribution in [0.15, 0.2) is 12.4 Å². The Bertz CT molecular complexity index is 414. The van der Waals surface area contributed by atoms with E-state index in [4.69, 9.17) is 0 Å². The second kappa shape index (κ2) is 4.31. The van der Waals surface area contributed by atoms with E-state index in [9.17, 15) is 4.79 Å². The van der Waals surface area contributed by atoms with Crippen LogP contribution in [-0.2, 0) is 4.74 Å².